The first kappa shape index (κ1) is 82.3. The zero-order valence-electron chi connectivity index (χ0n) is 57.2. The van der Waals surface area contributed by atoms with Crippen molar-refractivity contribution >= 4 is 11.9 Å². The van der Waals surface area contributed by atoms with Crippen molar-refractivity contribution in [2.24, 2.45) is 0 Å². The van der Waals surface area contributed by atoms with Crippen molar-refractivity contribution in [2.45, 2.75) is 450 Å². The number of hydrogen-bond donors (Lipinski definition) is 3. The van der Waals surface area contributed by atoms with Crippen LogP contribution in [0.15, 0.2) is 24.3 Å². The summed E-state index contributed by atoms with van der Waals surface area (Å²) in [6.07, 6.45) is 94.5. The number of nitrogens with one attached hydrogen (secondary N) is 1. The van der Waals surface area contributed by atoms with Gasteiger partial charge in [0.2, 0.25) is 5.91 Å². The summed E-state index contributed by atoms with van der Waals surface area (Å²) in [6, 6.07) is -0.622. The molecule has 0 heterocycles. The largest absolute Gasteiger partial charge is 0.466 e. The first-order valence-corrected chi connectivity index (χ1v) is 38.6. The Hall–Kier alpha value is -1.66. The van der Waals surface area contributed by atoms with Crippen LogP contribution in [-0.4, -0.2) is 47.4 Å². The maximum absolute atomic E-state index is 12.5. The van der Waals surface area contributed by atoms with Gasteiger partial charge in [0.05, 0.1) is 25.4 Å². The van der Waals surface area contributed by atoms with Crippen LogP contribution < -0.4 is 5.32 Å². The maximum atomic E-state index is 12.5. The van der Waals surface area contributed by atoms with E-state index >= 15 is 0 Å². The van der Waals surface area contributed by atoms with Crippen molar-refractivity contribution in [1.29, 1.82) is 0 Å². The number of ether oxygens (including phenoxy) is 1. The summed E-state index contributed by atoms with van der Waals surface area (Å²) in [5.41, 5.74) is 0. The molecule has 0 aromatic heterocycles. The lowest BCUT2D eigenvalue weighted by molar-refractivity contribution is -0.143. The minimum absolute atomic E-state index is 0.0166. The van der Waals surface area contributed by atoms with Crippen LogP contribution in [0, 0.1) is 0 Å². The van der Waals surface area contributed by atoms with E-state index < -0.39 is 12.1 Å². The van der Waals surface area contributed by atoms with Gasteiger partial charge in [0, 0.05) is 12.8 Å². The summed E-state index contributed by atoms with van der Waals surface area (Å²) < 4.78 is 5.50. The van der Waals surface area contributed by atoms with Gasteiger partial charge in [-0.1, -0.05) is 391 Å². The van der Waals surface area contributed by atoms with Crippen LogP contribution in [0.3, 0.4) is 0 Å². The maximum Gasteiger partial charge on any atom is 0.305 e. The van der Waals surface area contributed by atoms with Gasteiger partial charge in [0.25, 0.3) is 0 Å². The molecule has 6 nitrogen and oxygen atoms in total. The lowest BCUT2D eigenvalue weighted by Crippen LogP contribution is -2.45. The molecule has 1 amide bonds. The third-order valence-corrected chi connectivity index (χ3v) is 18.2. The van der Waals surface area contributed by atoms with E-state index in [1.54, 1.807) is 6.08 Å². The van der Waals surface area contributed by atoms with Gasteiger partial charge >= 0.3 is 5.97 Å². The van der Waals surface area contributed by atoms with Gasteiger partial charge < -0.3 is 20.3 Å². The van der Waals surface area contributed by atoms with Gasteiger partial charge in [0.1, 0.15) is 0 Å². The van der Waals surface area contributed by atoms with E-state index in [1.807, 2.05) is 6.08 Å². The van der Waals surface area contributed by atoms with Crippen LogP contribution in [0.5, 0.6) is 0 Å². The SMILES string of the molecule is CCCCCCCC/C=C\CCCCCCCC(=O)OCCCCCCCCCCCCCCCCCCCCCCCCCCCCCCCCCCCCCCCCCC(=O)NC(CO)C(O)/C=C/CCCCCCCCCCCCC. The Balaban J connectivity index is 3.28. The van der Waals surface area contributed by atoms with Gasteiger partial charge in [-0.25, -0.2) is 0 Å². The van der Waals surface area contributed by atoms with Crippen LogP contribution in [0.4, 0.5) is 0 Å². The van der Waals surface area contributed by atoms with E-state index in [-0.39, 0.29) is 18.5 Å². The minimum atomic E-state index is -0.839. The fraction of sp³-hybridized carbons (Fsp3) is 0.923. The van der Waals surface area contributed by atoms with Crippen molar-refractivity contribution in [1.82, 2.24) is 5.32 Å². The third kappa shape index (κ3) is 69.4. The molecule has 6 heteroatoms. The number of aliphatic hydroxyl groups excluding tert-OH is 2. The Kier molecular flexibility index (Phi) is 72.3. The lowest BCUT2D eigenvalue weighted by Gasteiger charge is -2.20. The molecule has 0 aromatic carbocycles. The smallest absolute Gasteiger partial charge is 0.305 e. The standard InChI is InChI=1S/C78H151NO5/c1-3-5-7-9-11-13-15-17-43-48-52-56-60-64-68-72-78(83)84-73-69-65-61-57-53-49-45-42-40-38-36-34-32-30-28-26-24-22-20-18-19-21-23-25-27-29-31-33-35-37-39-41-44-47-51-55-59-63-67-71-77(82)79-75(74-80)76(81)70-66-62-58-54-50-46-16-14-12-10-8-6-4-2/h17,43,66,70,75-76,80-81H,3-16,18-42,44-65,67-69,71-74H2,1-2H3,(H,79,82)/b43-17-,70-66+. The molecule has 0 saturated carbocycles. The molecule has 0 aliphatic carbocycles. The fourth-order valence-corrected chi connectivity index (χ4v) is 12.3. The number of carbonyl (C=O) groups excluding carboxylic acids is 2. The molecule has 2 unspecified atom stereocenters. The van der Waals surface area contributed by atoms with Crippen molar-refractivity contribution in [3.8, 4) is 0 Å². The molecule has 0 rings (SSSR count). The van der Waals surface area contributed by atoms with Crippen LogP contribution in [0.2, 0.25) is 0 Å². The zero-order chi connectivity index (χ0) is 60.6. The van der Waals surface area contributed by atoms with Crippen molar-refractivity contribution in [3.63, 3.8) is 0 Å². The van der Waals surface area contributed by atoms with Gasteiger partial charge in [-0.2, -0.15) is 0 Å². The van der Waals surface area contributed by atoms with E-state index in [0.717, 1.165) is 44.9 Å². The molecule has 3 N–H and O–H groups in total. The molecule has 0 radical (unpaired) electrons. The van der Waals surface area contributed by atoms with Crippen LogP contribution >= 0.6 is 0 Å². The summed E-state index contributed by atoms with van der Waals surface area (Å²) in [6.45, 7) is 4.93. The normalized spacial score (nSPS) is 12.6. The minimum Gasteiger partial charge on any atom is -0.466 e. The molecular weight excluding hydrogens is 1030 g/mol. The Morgan fingerprint density at radius 3 is 0.845 bits per heavy atom. The average Bonchev–Trinajstić information content (AvgIpc) is 3.54. The lowest BCUT2D eigenvalue weighted by atomic mass is 10.0. The number of rotatable bonds is 73. The van der Waals surface area contributed by atoms with E-state index in [4.69, 9.17) is 4.74 Å². The molecule has 0 spiro atoms. The third-order valence-electron chi connectivity index (χ3n) is 18.2. The summed E-state index contributed by atoms with van der Waals surface area (Å²) in [5.74, 6) is -0.0432. The molecule has 2 atom stereocenters. The van der Waals surface area contributed by atoms with E-state index in [2.05, 4.69) is 31.3 Å². The summed E-state index contributed by atoms with van der Waals surface area (Å²) >= 11 is 0. The Morgan fingerprint density at radius 2 is 0.560 bits per heavy atom. The van der Waals surface area contributed by atoms with Crippen molar-refractivity contribution < 1.29 is 24.5 Å². The molecule has 0 aliphatic heterocycles. The second-order valence-corrected chi connectivity index (χ2v) is 26.7. The second kappa shape index (κ2) is 73.8. The number of amides is 1. The fourth-order valence-electron chi connectivity index (χ4n) is 12.3. The van der Waals surface area contributed by atoms with Crippen LogP contribution in [0.1, 0.15) is 438 Å². The number of hydrogen-bond acceptors (Lipinski definition) is 5. The highest BCUT2D eigenvalue weighted by Crippen LogP contribution is 2.20. The molecule has 84 heavy (non-hydrogen) atoms. The molecule has 498 valence electrons. The van der Waals surface area contributed by atoms with Gasteiger partial charge in [-0.05, 0) is 57.8 Å². The average molecular weight is 1180 g/mol. The predicted octanol–water partition coefficient (Wildman–Crippen LogP) is 25.3. The highest BCUT2D eigenvalue weighted by molar-refractivity contribution is 5.76. The Morgan fingerprint density at radius 1 is 0.321 bits per heavy atom. The quantitative estimate of drug-likeness (QED) is 0.0320. The Labute approximate surface area is 526 Å². The first-order chi connectivity index (χ1) is 41.5. The molecule has 0 aromatic rings. The van der Waals surface area contributed by atoms with Crippen molar-refractivity contribution in [3.05, 3.63) is 24.3 Å². The van der Waals surface area contributed by atoms with Gasteiger partial charge in [-0.3, -0.25) is 9.59 Å². The van der Waals surface area contributed by atoms with Crippen molar-refractivity contribution in [2.75, 3.05) is 13.2 Å². The summed E-state index contributed by atoms with van der Waals surface area (Å²) in [4.78, 5) is 24.6. The van der Waals surface area contributed by atoms with E-state index in [0.29, 0.717) is 19.4 Å². The molecule has 0 saturated heterocycles. The first-order valence-electron chi connectivity index (χ1n) is 38.6. The highest BCUT2D eigenvalue weighted by atomic mass is 16.5. The topological polar surface area (TPSA) is 95.9 Å². The van der Waals surface area contributed by atoms with E-state index in [9.17, 15) is 19.8 Å². The predicted molar refractivity (Wildman–Crippen MR) is 370 cm³/mol. The summed E-state index contributed by atoms with van der Waals surface area (Å²) in [7, 11) is 0. The monoisotopic (exact) mass is 1180 g/mol. The van der Waals surface area contributed by atoms with Crippen LogP contribution in [0.25, 0.3) is 0 Å². The number of esters is 1. The molecule has 0 bridgehead atoms. The van der Waals surface area contributed by atoms with Crippen LogP contribution in [-0.2, 0) is 14.3 Å². The number of aliphatic hydroxyl groups is 2. The zero-order valence-corrected chi connectivity index (χ0v) is 57.2. The number of allylic oxidation sites excluding steroid dienone is 3. The molecular formula is C78H151NO5. The molecule has 0 fully saturated rings. The van der Waals surface area contributed by atoms with Gasteiger partial charge in [-0.15, -0.1) is 0 Å². The number of carbonyl (C=O) groups is 2. The number of unbranched alkanes of at least 4 members (excludes halogenated alkanes) is 60. The summed E-state index contributed by atoms with van der Waals surface area (Å²) in [5, 5.41) is 23.1. The Bertz CT molecular complexity index is 1320. The van der Waals surface area contributed by atoms with Gasteiger partial charge in [0.15, 0.2) is 0 Å². The highest BCUT2D eigenvalue weighted by Gasteiger charge is 2.18. The molecule has 0 aliphatic rings. The second-order valence-electron chi connectivity index (χ2n) is 26.7. The van der Waals surface area contributed by atoms with E-state index in [1.165, 1.54) is 366 Å².